The SMILES string of the molecule is CN(CC(=O)N1CCC(CNC(=O)c2coc(=O)[nH]2)C(F)(F)CC1)C(=O)C1CC1. The molecule has 0 radical (unpaired) electrons. The number of carbonyl (C=O) groups is 3. The fraction of sp³-hybridized carbons (Fsp3) is 0.667. The Bertz CT molecular complexity index is 832. The van der Waals surface area contributed by atoms with Crippen LogP contribution < -0.4 is 11.1 Å². The lowest BCUT2D eigenvalue weighted by atomic mass is 9.96. The average Bonchev–Trinajstić information content (AvgIpc) is 3.44. The molecular formula is C18H24F2N4O5. The van der Waals surface area contributed by atoms with E-state index in [4.69, 9.17) is 0 Å². The first kappa shape index (κ1) is 21.0. The van der Waals surface area contributed by atoms with Gasteiger partial charge in [0.25, 0.3) is 11.8 Å². The molecule has 160 valence electrons. The molecule has 1 atom stereocenters. The van der Waals surface area contributed by atoms with Crippen LogP contribution in [0.15, 0.2) is 15.5 Å². The lowest BCUT2D eigenvalue weighted by molar-refractivity contribution is -0.140. The number of rotatable bonds is 6. The van der Waals surface area contributed by atoms with Crippen LogP contribution in [0.1, 0.15) is 36.2 Å². The first-order valence-corrected chi connectivity index (χ1v) is 9.54. The van der Waals surface area contributed by atoms with Crippen molar-refractivity contribution in [2.75, 3.05) is 33.2 Å². The monoisotopic (exact) mass is 414 g/mol. The highest BCUT2D eigenvalue weighted by atomic mass is 19.3. The molecule has 2 fully saturated rings. The summed E-state index contributed by atoms with van der Waals surface area (Å²) in [6.07, 6.45) is 2.05. The zero-order valence-electron chi connectivity index (χ0n) is 16.1. The highest BCUT2D eigenvalue weighted by Gasteiger charge is 2.42. The molecule has 0 spiro atoms. The van der Waals surface area contributed by atoms with E-state index in [0.717, 1.165) is 19.1 Å². The number of oxazole rings is 1. The Morgan fingerprint density at radius 2 is 2.03 bits per heavy atom. The van der Waals surface area contributed by atoms with Crippen LogP contribution in [0.5, 0.6) is 0 Å². The van der Waals surface area contributed by atoms with Gasteiger partial charge < -0.3 is 19.5 Å². The highest BCUT2D eigenvalue weighted by molar-refractivity contribution is 5.91. The number of alkyl halides is 2. The zero-order chi connectivity index (χ0) is 21.2. The summed E-state index contributed by atoms with van der Waals surface area (Å²) in [4.78, 5) is 52.1. The van der Waals surface area contributed by atoms with Crippen LogP contribution in [-0.2, 0) is 9.59 Å². The molecule has 1 unspecified atom stereocenters. The predicted molar refractivity (Wildman–Crippen MR) is 96.3 cm³/mol. The Morgan fingerprint density at radius 1 is 1.31 bits per heavy atom. The molecule has 2 heterocycles. The number of likely N-dealkylation sites (N-methyl/N-ethyl adjacent to an activating group) is 1. The molecule has 29 heavy (non-hydrogen) atoms. The van der Waals surface area contributed by atoms with Crippen LogP contribution in [0.3, 0.4) is 0 Å². The molecule has 1 aliphatic carbocycles. The van der Waals surface area contributed by atoms with Crippen LogP contribution in [0.4, 0.5) is 8.78 Å². The van der Waals surface area contributed by atoms with Gasteiger partial charge in [-0.25, -0.2) is 13.6 Å². The molecule has 1 saturated carbocycles. The molecule has 11 heteroatoms. The summed E-state index contributed by atoms with van der Waals surface area (Å²) in [5, 5.41) is 2.37. The van der Waals surface area contributed by atoms with Crippen LogP contribution >= 0.6 is 0 Å². The number of amides is 3. The number of aromatic nitrogens is 1. The standard InChI is InChI=1S/C18H24F2N4O5/c1-23(16(27)11-2-3-11)9-14(25)24-6-4-12(18(19,20)5-7-24)8-21-15(26)13-10-29-17(28)22-13/h10-12H,2-9H2,1H3,(H,21,26)(H,22,28). The third-order valence-electron chi connectivity index (χ3n) is 5.36. The Hall–Kier alpha value is -2.72. The van der Waals surface area contributed by atoms with Crippen molar-refractivity contribution in [2.45, 2.75) is 31.6 Å². The topological polar surface area (TPSA) is 116 Å². The quantitative estimate of drug-likeness (QED) is 0.701. The van der Waals surface area contributed by atoms with Gasteiger partial charge in [0.05, 0.1) is 6.54 Å². The molecule has 1 saturated heterocycles. The van der Waals surface area contributed by atoms with Gasteiger partial charge in [-0.15, -0.1) is 0 Å². The lowest BCUT2D eigenvalue weighted by Gasteiger charge is -2.24. The van der Waals surface area contributed by atoms with E-state index in [2.05, 4.69) is 14.7 Å². The van der Waals surface area contributed by atoms with Gasteiger partial charge in [-0.2, -0.15) is 0 Å². The molecule has 9 nitrogen and oxygen atoms in total. The minimum atomic E-state index is -3.07. The summed E-state index contributed by atoms with van der Waals surface area (Å²) in [7, 11) is 1.55. The first-order chi connectivity index (χ1) is 13.7. The Labute approximate surface area is 165 Å². The summed E-state index contributed by atoms with van der Waals surface area (Å²) >= 11 is 0. The number of aromatic amines is 1. The maximum atomic E-state index is 14.5. The molecule has 0 bridgehead atoms. The second-order valence-electron chi connectivity index (χ2n) is 7.62. The van der Waals surface area contributed by atoms with Crippen LogP contribution in [0, 0.1) is 11.8 Å². The minimum absolute atomic E-state index is 0.00120. The summed E-state index contributed by atoms with van der Waals surface area (Å²) in [6, 6.07) is 0. The predicted octanol–water partition coefficient (Wildman–Crippen LogP) is 0.440. The van der Waals surface area contributed by atoms with E-state index >= 15 is 0 Å². The molecular weight excluding hydrogens is 390 g/mol. The van der Waals surface area contributed by atoms with Crippen molar-refractivity contribution in [1.29, 1.82) is 0 Å². The normalized spacial score (nSPS) is 21.3. The second kappa shape index (κ2) is 8.34. The van der Waals surface area contributed by atoms with E-state index < -0.39 is 29.9 Å². The number of carbonyl (C=O) groups excluding carboxylic acids is 3. The highest BCUT2D eigenvalue weighted by Crippen LogP contribution is 2.34. The van der Waals surface area contributed by atoms with Gasteiger partial charge in [0.2, 0.25) is 11.8 Å². The number of halogens is 2. The van der Waals surface area contributed by atoms with Gasteiger partial charge in [0.15, 0.2) is 0 Å². The Balaban J connectivity index is 1.53. The number of hydrogen-bond donors (Lipinski definition) is 2. The van der Waals surface area contributed by atoms with E-state index in [0.29, 0.717) is 0 Å². The number of nitrogens with one attached hydrogen (secondary N) is 2. The van der Waals surface area contributed by atoms with Crippen molar-refractivity contribution in [3.63, 3.8) is 0 Å². The van der Waals surface area contributed by atoms with Crippen LogP contribution in [0.2, 0.25) is 0 Å². The summed E-state index contributed by atoms with van der Waals surface area (Å²) in [6.45, 7) is -0.433. The van der Waals surface area contributed by atoms with Crippen LogP contribution in [-0.4, -0.2) is 71.7 Å². The maximum Gasteiger partial charge on any atom is 0.416 e. The molecule has 2 N–H and O–H groups in total. The Morgan fingerprint density at radius 3 is 2.66 bits per heavy atom. The third-order valence-corrected chi connectivity index (χ3v) is 5.36. The van der Waals surface area contributed by atoms with Crippen molar-refractivity contribution >= 4 is 17.7 Å². The van der Waals surface area contributed by atoms with Gasteiger partial charge in [-0.05, 0) is 19.3 Å². The molecule has 1 aliphatic heterocycles. The number of H-pyrrole nitrogens is 1. The summed E-state index contributed by atoms with van der Waals surface area (Å²) < 4.78 is 33.4. The number of likely N-dealkylation sites (tertiary alicyclic amines) is 1. The molecule has 2 aliphatic rings. The van der Waals surface area contributed by atoms with E-state index in [-0.39, 0.29) is 56.0 Å². The summed E-state index contributed by atoms with van der Waals surface area (Å²) in [5.41, 5.74) is -0.146. The van der Waals surface area contributed by atoms with Crippen molar-refractivity contribution < 1.29 is 27.6 Å². The maximum absolute atomic E-state index is 14.5. The zero-order valence-corrected chi connectivity index (χ0v) is 16.1. The van der Waals surface area contributed by atoms with E-state index in [1.807, 2.05) is 0 Å². The molecule has 1 aromatic rings. The lowest BCUT2D eigenvalue weighted by Crippen LogP contribution is -2.42. The fourth-order valence-corrected chi connectivity index (χ4v) is 3.35. The van der Waals surface area contributed by atoms with Crippen molar-refractivity contribution in [1.82, 2.24) is 20.1 Å². The average molecular weight is 414 g/mol. The van der Waals surface area contributed by atoms with Gasteiger partial charge in [0.1, 0.15) is 12.0 Å². The van der Waals surface area contributed by atoms with E-state index in [1.165, 1.54) is 9.80 Å². The van der Waals surface area contributed by atoms with Crippen LogP contribution in [0.25, 0.3) is 0 Å². The van der Waals surface area contributed by atoms with Gasteiger partial charge in [-0.1, -0.05) is 0 Å². The minimum Gasteiger partial charge on any atom is -0.416 e. The third kappa shape index (κ3) is 5.21. The van der Waals surface area contributed by atoms with E-state index in [1.54, 1.807) is 7.05 Å². The molecule has 3 amide bonds. The fourth-order valence-electron chi connectivity index (χ4n) is 3.35. The van der Waals surface area contributed by atoms with Gasteiger partial charge in [0, 0.05) is 44.9 Å². The number of hydrogen-bond acceptors (Lipinski definition) is 5. The van der Waals surface area contributed by atoms with Gasteiger partial charge >= 0.3 is 5.76 Å². The largest absolute Gasteiger partial charge is 0.416 e. The van der Waals surface area contributed by atoms with Crippen molar-refractivity contribution in [2.24, 2.45) is 11.8 Å². The van der Waals surface area contributed by atoms with E-state index in [9.17, 15) is 28.0 Å². The molecule has 3 rings (SSSR count). The van der Waals surface area contributed by atoms with Crippen molar-refractivity contribution in [3.05, 3.63) is 22.5 Å². The summed E-state index contributed by atoms with van der Waals surface area (Å²) in [5.74, 6) is -6.22. The molecule has 0 aromatic carbocycles. The Kier molecular flexibility index (Phi) is 6.04. The van der Waals surface area contributed by atoms with Crippen molar-refractivity contribution in [3.8, 4) is 0 Å². The smallest absolute Gasteiger partial charge is 0.416 e. The first-order valence-electron chi connectivity index (χ1n) is 9.54. The number of nitrogens with zero attached hydrogens (tertiary/aromatic N) is 2. The molecule has 1 aromatic heterocycles. The second-order valence-corrected chi connectivity index (χ2v) is 7.62. The van der Waals surface area contributed by atoms with Gasteiger partial charge in [-0.3, -0.25) is 19.4 Å².